The van der Waals surface area contributed by atoms with Gasteiger partial charge in [0.2, 0.25) is 5.91 Å². The second-order valence-electron chi connectivity index (χ2n) is 10.3. The van der Waals surface area contributed by atoms with Crippen molar-refractivity contribution in [2.24, 2.45) is 5.73 Å². The number of primary amides is 1. The molecule has 9 nitrogen and oxygen atoms in total. The number of ether oxygens (including phenoxy) is 1. The Morgan fingerprint density at radius 2 is 1.95 bits per heavy atom. The number of amides is 1. The fourth-order valence-corrected chi connectivity index (χ4v) is 4.76. The summed E-state index contributed by atoms with van der Waals surface area (Å²) in [7, 11) is -1.20. The number of carbonyl (C=O) groups is 2. The minimum Gasteiger partial charge on any atom is -0.455 e. The normalized spacial score (nSPS) is 11.6. The highest BCUT2D eigenvalue weighted by atomic mass is 35.5. The Hall–Kier alpha value is -3.60. The van der Waals surface area contributed by atoms with Crippen molar-refractivity contribution in [1.29, 1.82) is 0 Å². The van der Waals surface area contributed by atoms with Gasteiger partial charge in [-0.3, -0.25) is 14.6 Å². The zero-order chi connectivity index (χ0) is 27.4. The summed E-state index contributed by atoms with van der Waals surface area (Å²) in [6.07, 6.45) is 4.02. The third kappa shape index (κ3) is 6.63. The number of nitrogens with zero attached hydrogens (tertiary/aromatic N) is 4. The smallest absolute Gasteiger partial charge is 0.223 e. The van der Waals surface area contributed by atoms with E-state index >= 15 is 0 Å². The molecule has 1 amide bonds. The number of aldehydes is 1. The van der Waals surface area contributed by atoms with Crippen LogP contribution in [0, 0.1) is 6.92 Å². The molecule has 0 unspecified atom stereocenters. The Balaban J connectivity index is 1.75. The van der Waals surface area contributed by atoms with E-state index in [-0.39, 0.29) is 13.2 Å². The highest BCUT2D eigenvalue weighted by Crippen LogP contribution is 2.41. The first-order valence-electron chi connectivity index (χ1n) is 12.1. The number of hydrogen-bond acceptors (Lipinski definition) is 7. The maximum Gasteiger partial charge on any atom is 0.223 e. The van der Waals surface area contributed by atoms with E-state index in [1.807, 2.05) is 13.0 Å². The SMILES string of the molecule is Cc1cnc(CC(N)=O)cc1-c1cc(-c2ncn(COCC[Si](C)(C)C)n2)c(-c2cc(C=O)ccc2Cl)o1. The Labute approximate surface area is 227 Å². The van der Waals surface area contributed by atoms with Crippen LogP contribution in [0.2, 0.25) is 30.7 Å². The van der Waals surface area contributed by atoms with Gasteiger partial charge in [0, 0.05) is 37.6 Å². The molecule has 0 aliphatic rings. The zero-order valence-electron chi connectivity index (χ0n) is 21.8. The lowest BCUT2D eigenvalue weighted by molar-refractivity contribution is -0.117. The average Bonchev–Trinajstić information content (AvgIpc) is 3.50. The summed E-state index contributed by atoms with van der Waals surface area (Å²) < 4.78 is 13.8. The summed E-state index contributed by atoms with van der Waals surface area (Å²) in [5, 5.41) is 5.01. The number of furan rings is 1. The van der Waals surface area contributed by atoms with Gasteiger partial charge in [0.05, 0.1) is 22.7 Å². The van der Waals surface area contributed by atoms with Crippen LogP contribution in [0.1, 0.15) is 21.6 Å². The van der Waals surface area contributed by atoms with Crippen molar-refractivity contribution in [3.05, 3.63) is 64.7 Å². The lowest BCUT2D eigenvalue weighted by Crippen LogP contribution is -2.22. The minimum atomic E-state index is -1.20. The fourth-order valence-electron chi connectivity index (χ4n) is 3.80. The van der Waals surface area contributed by atoms with Crippen molar-refractivity contribution < 1.29 is 18.7 Å². The molecule has 4 aromatic rings. The van der Waals surface area contributed by atoms with E-state index in [0.29, 0.717) is 51.4 Å². The standard InChI is InChI=1S/C27H30ClN5O4Si/c1-17-13-30-19(11-25(29)35)10-20(17)24-12-22(26(37-24)21-9-18(14-34)5-6-23(21)28)27-31-15-33(32-27)16-36-7-8-38(2,3)4/h5-6,9-10,12-15H,7-8,11,16H2,1-4H3,(H2,29,35). The predicted molar refractivity (Wildman–Crippen MR) is 149 cm³/mol. The van der Waals surface area contributed by atoms with Crippen LogP contribution in [0.4, 0.5) is 0 Å². The van der Waals surface area contributed by atoms with Gasteiger partial charge < -0.3 is 14.9 Å². The number of carbonyl (C=O) groups excluding carboxylic acids is 2. The largest absolute Gasteiger partial charge is 0.455 e. The molecule has 2 N–H and O–H groups in total. The number of benzene rings is 1. The Bertz CT molecular complexity index is 1470. The third-order valence-corrected chi connectivity index (χ3v) is 7.91. The van der Waals surface area contributed by atoms with Crippen molar-refractivity contribution in [3.63, 3.8) is 0 Å². The molecule has 3 aromatic heterocycles. The number of pyridine rings is 1. The summed E-state index contributed by atoms with van der Waals surface area (Å²) in [6, 6.07) is 9.59. The van der Waals surface area contributed by atoms with Gasteiger partial charge in [-0.1, -0.05) is 37.3 Å². The van der Waals surface area contributed by atoms with E-state index in [1.165, 1.54) is 0 Å². The van der Waals surface area contributed by atoms with E-state index in [9.17, 15) is 9.59 Å². The predicted octanol–water partition coefficient (Wildman–Crippen LogP) is 5.38. The number of hydrogen-bond donors (Lipinski definition) is 1. The quantitative estimate of drug-likeness (QED) is 0.150. The van der Waals surface area contributed by atoms with Crippen LogP contribution in [0.3, 0.4) is 0 Å². The van der Waals surface area contributed by atoms with Crippen molar-refractivity contribution in [2.75, 3.05) is 6.61 Å². The van der Waals surface area contributed by atoms with Gasteiger partial charge in [0.15, 0.2) is 5.82 Å². The molecular weight excluding hydrogens is 522 g/mol. The minimum absolute atomic E-state index is 0.00454. The maximum atomic E-state index is 11.5. The molecule has 11 heteroatoms. The summed E-state index contributed by atoms with van der Waals surface area (Å²) in [5.74, 6) is 0.863. The van der Waals surface area contributed by atoms with Crippen LogP contribution < -0.4 is 5.73 Å². The molecule has 0 aliphatic heterocycles. The highest BCUT2D eigenvalue weighted by Gasteiger charge is 2.23. The lowest BCUT2D eigenvalue weighted by atomic mass is 10.0. The Morgan fingerprint density at radius 3 is 2.66 bits per heavy atom. The van der Waals surface area contributed by atoms with Crippen LogP contribution >= 0.6 is 11.6 Å². The molecule has 0 spiro atoms. The second-order valence-corrected chi connectivity index (χ2v) is 16.3. The first-order valence-corrected chi connectivity index (χ1v) is 16.2. The molecule has 4 rings (SSSR count). The molecule has 1 aromatic carbocycles. The number of aryl methyl sites for hydroxylation is 1. The van der Waals surface area contributed by atoms with E-state index in [2.05, 4.69) is 34.7 Å². The summed E-state index contributed by atoms with van der Waals surface area (Å²) >= 11 is 6.54. The average molecular weight is 552 g/mol. The Morgan fingerprint density at radius 1 is 1.16 bits per heavy atom. The maximum absolute atomic E-state index is 11.5. The summed E-state index contributed by atoms with van der Waals surface area (Å²) in [5.41, 5.74) is 9.05. The third-order valence-electron chi connectivity index (χ3n) is 5.88. The lowest BCUT2D eigenvalue weighted by Gasteiger charge is -2.15. The van der Waals surface area contributed by atoms with Crippen LogP contribution in [0.15, 0.2) is 47.3 Å². The van der Waals surface area contributed by atoms with Crippen molar-refractivity contribution in [2.45, 2.75) is 45.8 Å². The molecule has 0 aliphatic carbocycles. The van der Waals surface area contributed by atoms with Crippen molar-refractivity contribution in [3.8, 4) is 34.0 Å². The van der Waals surface area contributed by atoms with Gasteiger partial charge in [-0.2, -0.15) is 0 Å². The molecule has 0 saturated heterocycles. The van der Waals surface area contributed by atoms with Gasteiger partial charge in [-0.05, 0) is 42.8 Å². The first-order chi connectivity index (χ1) is 18.0. The van der Waals surface area contributed by atoms with E-state index < -0.39 is 14.0 Å². The van der Waals surface area contributed by atoms with E-state index in [0.717, 1.165) is 23.5 Å². The molecule has 3 heterocycles. The van der Waals surface area contributed by atoms with Crippen LogP contribution in [-0.2, 0) is 22.7 Å². The van der Waals surface area contributed by atoms with Gasteiger partial charge in [0.25, 0.3) is 0 Å². The highest BCUT2D eigenvalue weighted by molar-refractivity contribution is 6.76. The first kappa shape index (κ1) is 27.4. The molecule has 198 valence electrons. The Kier molecular flexibility index (Phi) is 8.25. The molecular formula is C27H30ClN5O4Si. The second kappa shape index (κ2) is 11.4. The van der Waals surface area contributed by atoms with Crippen molar-refractivity contribution in [1.82, 2.24) is 19.7 Å². The van der Waals surface area contributed by atoms with Crippen LogP contribution in [0.25, 0.3) is 34.0 Å². The molecule has 0 fully saturated rings. The molecule has 0 radical (unpaired) electrons. The van der Waals surface area contributed by atoms with E-state index in [4.69, 9.17) is 26.5 Å². The number of halogens is 1. The van der Waals surface area contributed by atoms with Gasteiger partial charge in [-0.25, -0.2) is 9.67 Å². The van der Waals surface area contributed by atoms with Crippen LogP contribution in [0.5, 0.6) is 0 Å². The van der Waals surface area contributed by atoms with E-state index in [1.54, 1.807) is 41.5 Å². The van der Waals surface area contributed by atoms with Crippen molar-refractivity contribution >= 4 is 31.9 Å². The summed E-state index contributed by atoms with van der Waals surface area (Å²) in [6.45, 7) is 9.73. The number of aromatic nitrogens is 4. The van der Waals surface area contributed by atoms with Gasteiger partial charge in [0.1, 0.15) is 30.9 Å². The molecule has 38 heavy (non-hydrogen) atoms. The van der Waals surface area contributed by atoms with Gasteiger partial charge >= 0.3 is 0 Å². The molecule has 0 saturated carbocycles. The van der Waals surface area contributed by atoms with Crippen LogP contribution in [-0.4, -0.2) is 46.6 Å². The molecule has 0 bridgehead atoms. The van der Waals surface area contributed by atoms with Gasteiger partial charge in [-0.15, -0.1) is 5.10 Å². The zero-order valence-corrected chi connectivity index (χ0v) is 23.6. The number of rotatable bonds is 11. The monoisotopic (exact) mass is 551 g/mol. The topological polar surface area (TPSA) is 126 Å². The number of nitrogens with two attached hydrogens (primary N) is 1. The fraction of sp³-hybridized carbons (Fsp3) is 0.296. The molecule has 0 atom stereocenters. The summed E-state index contributed by atoms with van der Waals surface area (Å²) in [4.78, 5) is 31.7.